The number of nitrogens with zero attached hydrogens (tertiary/aromatic N) is 1. The Bertz CT molecular complexity index is 238. The van der Waals surface area contributed by atoms with Gasteiger partial charge in [0.2, 0.25) is 0 Å². The third kappa shape index (κ3) is 3.21. The Morgan fingerprint density at radius 1 is 1.29 bits per heavy atom. The fraction of sp³-hybridized carbons (Fsp3) is 1.00. The second kappa shape index (κ2) is 5.68. The van der Waals surface area contributed by atoms with E-state index in [0.29, 0.717) is 12.1 Å². The molecule has 0 spiro atoms. The average molecular weight is 240 g/mol. The molecule has 1 saturated carbocycles. The first-order chi connectivity index (χ1) is 8.15. The van der Waals surface area contributed by atoms with Gasteiger partial charge >= 0.3 is 0 Å². The smallest absolute Gasteiger partial charge is 0.0614 e. The van der Waals surface area contributed by atoms with E-state index in [1.54, 1.807) is 0 Å². The molecule has 0 aromatic carbocycles. The van der Waals surface area contributed by atoms with E-state index in [2.05, 4.69) is 24.1 Å². The Labute approximate surface area is 106 Å². The number of rotatable bonds is 4. The van der Waals surface area contributed by atoms with Gasteiger partial charge < -0.3 is 15.3 Å². The van der Waals surface area contributed by atoms with E-state index in [1.807, 2.05) is 0 Å². The van der Waals surface area contributed by atoms with Crippen molar-refractivity contribution < 1.29 is 5.11 Å². The van der Waals surface area contributed by atoms with E-state index in [1.165, 1.54) is 38.8 Å². The lowest BCUT2D eigenvalue weighted by atomic mass is 9.96. The molecule has 3 heteroatoms. The Kier molecular flexibility index (Phi) is 4.45. The van der Waals surface area contributed by atoms with Crippen LogP contribution < -0.4 is 5.32 Å². The summed E-state index contributed by atoms with van der Waals surface area (Å²) < 4.78 is 0. The molecule has 2 unspecified atom stereocenters. The highest BCUT2D eigenvalue weighted by molar-refractivity contribution is 5.00. The average Bonchev–Trinajstić information content (AvgIpc) is 2.74. The van der Waals surface area contributed by atoms with Crippen molar-refractivity contribution in [2.45, 2.75) is 70.0 Å². The van der Waals surface area contributed by atoms with Gasteiger partial charge in [0.15, 0.2) is 0 Å². The summed E-state index contributed by atoms with van der Waals surface area (Å²) >= 11 is 0. The molecular formula is C14H28N2O. The summed E-state index contributed by atoms with van der Waals surface area (Å²) in [5, 5.41) is 13.3. The van der Waals surface area contributed by atoms with Crippen LogP contribution in [0.1, 0.15) is 52.4 Å². The molecule has 17 heavy (non-hydrogen) atoms. The van der Waals surface area contributed by atoms with E-state index in [9.17, 15) is 5.11 Å². The van der Waals surface area contributed by atoms with Crippen molar-refractivity contribution in [1.29, 1.82) is 0 Å². The SMILES string of the molecule is CC(C)NC1(CO)CCC(N2CCCCC2)C1. The van der Waals surface area contributed by atoms with E-state index >= 15 is 0 Å². The largest absolute Gasteiger partial charge is 0.394 e. The van der Waals surface area contributed by atoms with Crippen LogP contribution in [-0.4, -0.2) is 47.3 Å². The zero-order valence-corrected chi connectivity index (χ0v) is 11.4. The molecule has 2 N–H and O–H groups in total. The molecule has 2 fully saturated rings. The summed E-state index contributed by atoms with van der Waals surface area (Å²) in [7, 11) is 0. The second-order valence-electron chi connectivity index (χ2n) is 6.23. The van der Waals surface area contributed by atoms with E-state index in [-0.39, 0.29) is 12.1 Å². The van der Waals surface area contributed by atoms with Crippen LogP contribution in [0.2, 0.25) is 0 Å². The minimum Gasteiger partial charge on any atom is -0.394 e. The first kappa shape index (κ1) is 13.3. The molecule has 1 saturated heterocycles. The topological polar surface area (TPSA) is 35.5 Å². The van der Waals surface area contributed by atoms with Crippen molar-refractivity contribution in [3.05, 3.63) is 0 Å². The fourth-order valence-corrected chi connectivity index (χ4v) is 3.63. The highest BCUT2D eigenvalue weighted by atomic mass is 16.3. The molecular weight excluding hydrogens is 212 g/mol. The van der Waals surface area contributed by atoms with Gasteiger partial charge in [-0.05, 0) is 45.2 Å². The lowest BCUT2D eigenvalue weighted by molar-refractivity contribution is 0.125. The lowest BCUT2D eigenvalue weighted by Crippen LogP contribution is -2.51. The van der Waals surface area contributed by atoms with Crippen molar-refractivity contribution in [2.24, 2.45) is 0 Å². The molecule has 3 nitrogen and oxygen atoms in total. The number of aliphatic hydroxyl groups excluding tert-OH is 1. The van der Waals surface area contributed by atoms with Crippen LogP contribution in [0.15, 0.2) is 0 Å². The fourth-order valence-electron chi connectivity index (χ4n) is 3.63. The third-order valence-electron chi connectivity index (χ3n) is 4.39. The van der Waals surface area contributed by atoms with Crippen LogP contribution in [0.4, 0.5) is 0 Å². The summed E-state index contributed by atoms with van der Waals surface area (Å²) in [6.45, 7) is 7.18. The Morgan fingerprint density at radius 2 is 2.00 bits per heavy atom. The number of piperidine rings is 1. The van der Waals surface area contributed by atoms with Gasteiger partial charge in [0.1, 0.15) is 0 Å². The van der Waals surface area contributed by atoms with E-state index in [4.69, 9.17) is 0 Å². The van der Waals surface area contributed by atoms with Crippen LogP contribution in [-0.2, 0) is 0 Å². The molecule has 100 valence electrons. The molecule has 0 amide bonds. The van der Waals surface area contributed by atoms with Gasteiger partial charge in [0, 0.05) is 17.6 Å². The first-order valence-corrected chi connectivity index (χ1v) is 7.28. The molecule has 1 aliphatic carbocycles. The number of hydrogen-bond acceptors (Lipinski definition) is 3. The van der Waals surface area contributed by atoms with Crippen LogP contribution in [0, 0.1) is 0 Å². The zero-order chi connectivity index (χ0) is 12.3. The number of likely N-dealkylation sites (tertiary alicyclic amines) is 1. The van der Waals surface area contributed by atoms with Crippen molar-refractivity contribution in [1.82, 2.24) is 10.2 Å². The Hall–Kier alpha value is -0.120. The van der Waals surface area contributed by atoms with Gasteiger partial charge in [0.25, 0.3) is 0 Å². The molecule has 1 aliphatic heterocycles. The highest BCUT2D eigenvalue weighted by Gasteiger charge is 2.41. The maximum absolute atomic E-state index is 9.70. The summed E-state index contributed by atoms with van der Waals surface area (Å²) in [6.07, 6.45) is 7.63. The van der Waals surface area contributed by atoms with Gasteiger partial charge in [0.05, 0.1) is 6.61 Å². The highest BCUT2D eigenvalue weighted by Crippen LogP contribution is 2.34. The summed E-state index contributed by atoms with van der Waals surface area (Å²) in [5.41, 5.74) is -0.00369. The molecule has 0 aromatic rings. The maximum Gasteiger partial charge on any atom is 0.0614 e. The normalized spacial score (nSPS) is 35.6. The molecule has 2 aliphatic rings. The number of aliphatic hydroxyl groups is 1. The number of nitrogens with one attached hydrogen (secondary N) is 1. The first-order valence-electron chi connectivity index (χ1n) is 7.28. The minimum absolute atomic E-state index is 0.00369. The van der Waals surface area contributed by atoms with Crippen molar-refractivity contribution >= 4 is 0 Å². The van der Waals surface area contributed by atoms with Gasteiger partial charge in [-0.1, -0.05) is 20.3 Å². The molecule has 0 aromatic heterocycles. The van der Waals surface area contributed by atoms with Gasteiger partial charge in [-0.2, -0.15) is 0 Å². The number of hydrogen-bond donors (Lipinski definition) is 2. The summed E-state index contributed by atoms with van der Waals surface area (Å²) in [6, 6.07) is 1.16. The van der Waals surface area contributed by atoms with Crippen molar-refractivity contribution in [3.63, 3.8) is 0 Å². The van der Waals surface area contributed by atoms with Crippen LogP contribution in [0.25, 0.3) is 0 Å². The maximum atomic E-state index is 9.70. The summed E-state index contributed by atoms with van der Waals surface area (Å²) in [4.78, 5) is 2.66. The zero-order valence-electron chi connectivity index (χ0n) is 11.4. The van der Waals surface area contributed by atoms with Gasteiger partial charge in [-0.15, -0.1) is 0 Å². The minimum atomic E-state index is -0.00369. The van der Waals surface area contributed by atoms with Crippen molar-refractivity contribution in [3.8, 4) is 0 Å². The summed E-state index contributed by atoms with van der Waals surface area (Å²) in [5.74, 6) is 0. The van der Waals surface area contributed by atoms with E-state index in [0.717, 1.165) is 12.8 Å². The Balaban J connectivity index is 1.91. The van der Waals surface area contributed by atoms with Crippen LogP contribution in [0.5, 0.6) is 0 Å². The van der Waals surface area contributed by atoms with Crippen LogP contribution >= 0.6 is 0 Å². The predicted octanol–water partition coefficient (Wildman–Crippen LogP) is 1.75. The molecule has 2 atom stereocenters. The van der Waals surface area contributed by atoms with Crippen LogP contribution in [0.3, 0.4) is 0 Å². The lowest BCUT2D eigenvalue weighted by Gasteiger charge is -2.35. The molecule has 0 bridgehead atoms. The van der Waals surface area contributed by atoms with Crippen molar-refractivity contribution in [2.75, 3.05) is 19.7 Å². The molecule has 0 radical (unpaired) electrons. The Morgan fingerprint density at radius 3 is 2.59 bits per heavy atom. The monoisotopic (exact) mass is 240 g/mol. The quantitative estimate of drug-likeness (QED) is 0.786. The standard InChI is InChI=1S/C14H28N2O/c1-12(2)15-14(11-17)7-6-13(10-14)16-8-4-3-5-9-16/h12-13,15,17H,3-11H2,1-2H3. The van der Waals surface area contributed by atoms with Gasteiger partial charge in [-0.25, -0.2) is 0 Å². The molecule has 1 heterocycles. The second-order valence-corrected chi connectivity index (χ2v) is 6.23. The predicted molar refractivity (Wildman–Crippen MR) is 71.2 cm³/mol. The third-order valence-corrected chi connectivity index (χ3v) is 4.39. The van der Waals surface area contributed by atoms with E-state index < -0.39 is 0 Å². The van der Waals surface area contributed by atoms with Gasteiger partial charge in [-0.3, -0.25) is 0 Å². The molecule has 2 rings (SSSR count).